The lowest BCUT2D eigenvalue weighted by Gasteiger charge is -2.08. The van der Waals surface area contributed by atoms with Gasteiger partial charge in [-0.1, -0.05) is 12.1 Å². The number of hydrogen-bond donors (Lipinski definition) is 0. The van der Waals surface area contributed by atoms with Crippen LogP contribution in [0, 0.1) is 50.4 Å². The van der Waals surface area contributed by atoms with Gasteiger partial charge in [-0.25, -0.2) is 9.59 Å². The Morgan fingerprint density at radius 1 is 0.756 bits per heavy atom. The van der Waals surface area contributed by atoms with E-state index in [1.807, 2.05) is 52.2 Å². The Morgan fingerprint density at radius 3 is 1.49 bits per heavy atom. The number of esters is 2. The van der Waals surface area contributed by atoms with Crippen molar-refractivity contribution in [2.24, 2.45) is 0 Å². The zero-order valence-electron chi connectivity index (χ0n) is 24.1. The normalized spacial score (nSPS) is 11.0. The number of aryl methyl sites for hydroxylation is 4. The quantitative estimate of drug-likeness (QED) is 0.113. The molecule has 0 spiro atoms. The van der Waals surface area contributed by atoms with E-state index in [1.165, 1.54) is 23.5 Å². The molecule has 4 aromatic heterocycles. The molecule has 4 rings (SSSR count). The maximum atomic E-state index is 13.0. The van der Waals surface area contributed by atoms with Gasteiger partial charge in [-0.2, -0.15) is 10.5 Å². The monoisotopic (exact) mass is 588 g/mol. The fourth-order valence-electron chi connectivity index (χ4n) is 5.15. The lowest BCUT2D eigenvalue weighted by molar-refractivity contribution is 0.0504. The molecule has 0 atom stereocenters. The van der Waals surface area contributed by atoms with Crippen molar-refractivity contribution in [1.29, 1.82) is 10.5 Å². The van der Waals surface area contributed by atoms with Gasteiger partial charge in [0.2, 0.25) is 0 Å². The predicted molar refractivity (Wildman–Crippen MR) is 161 cm³/mol. The summed E-state index contributed by atoms with van der Waals surface area (Å²) in [5, 5.41) is 20.1. The Morgan fingerprint density at radius 2 is 1.15 bits per heavy atom. The molecule has 4 heterocycles. The van der Waals surface area contributed by atoms with Crippen LogP contribution in [-0.2, 0) is 9.47 Å². The van der Waals surface area contributed by atoms with E-state index in [4.69, 9.17) is 9.47 Å². The second kappa shape index (κ2) is 12.8. The van der Waals surface area contributed by atoms with Crippen molar-refractivity contribution in [3.8, 4) is 12.1 Å². The van der Waals surface area contributed by atoms with Crippen molar-refractivity contribution >= 4 is 46.5 Å². The molecule has 0 bridgehead atoms. The van der Waals surface area contributed by atoms with Gasteiger partial charge >= 0.3 is 11.9 Å². The fraction of sp³-hybridized carbons (Fsp3) is 0.355. The number of rotatable bonds is 10. The number of carbonyl (C=O) groups excluding carboxylic acids is 2. The molecule has 0 aliphatic rings. The van der Waals surface area contributed by atoms with Crippen molar-refractivity contribution in [1.82, 2.24) is 8.80 Å². The highest BCUT2D eigenvalue weighted by Crippen LogP contribution is 2.37. The SMILES string of the molecule is CCOC(=O)c1c(SCCCSc2c(C#N)c3c(C)cc(C)cn3c2C(=O)OCC)c(C#N)c2c(C)cc(C)cn12. The van der Waals surface area contributed by atoms with Crippen molar-refractivity contribution in [3.05, 3.63) is 69.3 Å². The van der Waals surface area contributed by atoms with Crippen LogP contribution in [0.15, 0.2) is 34.3 Å². The zero-order valence-corrected chi connectivity index (χ0v) is 25.7. The van der Waals surface area contributed by atoms with Gasteiger partial charge < -0.3 is 18.3 Å². The van der Waals surface area contributed by atoms with Crippen LogP contribution in [0.4, 0.5) is 0 Å². The summed E-state index contributed by atoms with van der Waals surface area (Å²) in [5.74, 6) is 0.306. The maximum absolute atomic E-state index is 13.0. The molecule has 0 N–H and O–H groups in total. The van der Waals surface area contributed by atoms with Crippen LogP contribution in [-0.4, -0.2) is 45.5 Å². The number of carbonyl (C=O) groups is 2. The highest BCUT2D eigenvalue weighted by molar-refractivity contribution is 8.00. The summed E-state index contributed by atoms with van der Waals surface area (Å²) in [6.45, 7) is 11.7. The maximum Gasteiger partial charge on any atom is 0.356 e. The standard InChI is InChI=1S/C31H32N4O4S2/c1-7-38-30(36)26-28(22(14-32)24-20(5)12-18(3)16-34(24)26)40-10-9-11-41-29-23(15-33)25-21(6)13-19(4)17-35(25)27(29)31(37)39-8-2/h12-13,16-17H,7-11H2,1-6H3. The average molecular weight is 589 g/mol. The Bertz CT molecular complexity index is 1630. The van der Waals surface area contributed by atoms with Gasteiger partial charge in [-0.15, -0.1) is 23.5 Å². The summed E-state index contributed by atoms with van der Waals surface area (Å²) in [6, 6.07) is 8.61. The van der Waals surface area contributed by atoms with E-state index in [1.54, 1.807) is 22.6 Å². The van der Waals surface area contributed by atoms with Gasteiger partial charge in [0.1, 0.15) is 23.5 Å². The molecule has 4 aromatic rings. The number of nitrogens with zero attached hydrogens (tertiary/aromatic N) is 4. The van der Waals surface area contributed by atoms with Crippen LogP contribution < -0.4 is 0 Å². The van der Waals surface area contributed by atoms with Crippen molar-refractivity contribution in [3.63, 3.8) is 0 Å². The van der Waals surface area contributed by atoms with Gasteiger partial charge in [-0.05, 0) is 81.7 Å². The molecule has 10 heteroatoms. The first-order valence-corrected chi connectivity index (χ1v) is 15.4. The fourth-order valence-corrected chi connectivity index (χ4v) is 7.52. The lowest BCUT2D eigenvalue weighted by Crippen LogP contribution is -2.10. The second-order valence-corrected chi connectivity index (χ2v) is 11.9. The minimum absolute atomic E-state index is 0.231. The van der Waals surface area contributed by atoms with Gasteiger partial charge in [0, 0.05) is 12.4 Å². The molecule has 0 saturated carbocycles. The molecular formula is C31H32N4O4S2. The molecule has 0 saturated heterocycles. The van der Waals surface area contributed by atoms with Crippen LogP contribution in [0.1, 0.15) is 74.6 Å². The summed E-state index contributed by atoms with van der Waals surface area (Å²) >= 11 is 2.89. The molecule has 0 unspecified atom stereocenters. The number of ether oxygens (including phenoxy) is 2. The minimum atomic E-state index is -0.463. The van der Waals surface area contributed by atoms with Gasteiger partial charge in [0.05, 0.1) is 45.2 Å². The molecule has 212 valence electrons. The van der Waals surface area contributed by atoms with Crippen LogP contribution in [0.3, 0.4) is 0 Å². The smallest absolute Gasteiger partial charge is 0.356 e. The molecule has 0 aliphatic heterocycles. The van der Waals surface area contributed by atoms with Crippen LogP contribution in [0.2, 0.25) is 0 Å². The number of thioether (sulfide) groups is 2. The molecule has 41 heavy (non-hydrogen) atoms. The minimum Gasteiger partial charge on any atom is -0.461 e. The summed E-state index contributed by atoms with van der Waals surface area (Å²) in [6.07, 6.45) is 4.41. The molecule has 0 radical (unpaired) electrons. The Balaban J connectivity index is 1.63. The molecule has 8 nitrogen and oxygen atoms in total. The highest BCUT2D eigenvalue weighted by atomic mass is 32.2. The first-order valence-electron chi connectivity index (χ1n) is 13.4. The second-order valence-electron chi connectivity index (χ2n) is 9.66. The third kappa shape index (κ3) is 5.68. The van der Waals surface area contributed by atoms with Gasteiger partial charge in [-0.3, -0.25) is 0 Å². The summed E-state index contributed by atoms with van der Waals surface area (Å²) in [7, 11) is 0. The van der Waals surface area contributed by atoms with Crippen molar-refractivity contribution in [2.75, 3.05) is 24.7 Å². The molecule has 0 fully saturated rings. The average Bonchev–Trinajstić information content (AvgIpc) is 3.40. The Hall–Kier alpha value is -3.86. The van der Waals surface area contributed by atoms with Crippen LogP contribution in [0.25, 0.3) is 11.0 Å². The number of pyridine rings is 2. The molecule has 0 aromatic carbocycles. The molecule has 0 amide bonds. The number of nitriles is 2. The lowest BCUT2D eigenvalue weighted by atomic mass is 10.1. The van der Waals surface area contributed by atoms with E-state index < -0.39 is 11.9 Å². The topological polar surface area (TPSA) is 109 Å². The largest absolute Gasteiger partial charge is 0.461 e. The van der Waals surface area contributed by atoms with E-state index in [2.05, 4.69) is 12.1 Å². The molecule has 0 aliphatic carbocycles. The van der Waals surface area contributed by atoms with Crippen molar-refractivity contribution in [2.45, 2.75) is 57.8 Å². The third-order valence-corrected chi connectivity index (χ3v) is 8.92. The van der Waals surface area contributed by atoms with E-state index in [-0.39, 0.29) is 13.2 Å². The summed E-state index contributed by atoms with van der Waals surface area (Å²) in [4.78, 5) is 27.3. The number of fused-ring (bicyclic) bond motifs is 2. The first-order chi connectivity index (χ1) is 19.7. The first kappa shape index (κ1) is 30.1. The zero-order chi connectivity index (χ0) is 29.8. The van der Waals surface area contributed by atoms with Gasteiger partial charge in [0.25, 0.3) is 0 Å². The van der Waals surface area contributed by atoms with Crippen molar-refractivity contribution < 1.29 is 19.1 Å². The van der Waals surface area contributed by atoms with Crippen LogP contribution >= 0.6 is 23.5 Å². The highest BCUT2D eigenvalue weighted by Gasteiger charge is 2.28. The molecular weight excluding hydrogens is 556 g/mol. The summed E-state index contributed by atoms with van der Waals surface area (Å²) < 4.78 is 14.3. The van der Waals surface area contributed by atoms with Gasteiger partial charge in [0.15, 0.2) is 0 Å². The van der Waals surface area contributed by atoms with Crippen LogP contribution in [0.5, 0.6) is 0 Å². The Kier molecular flexibility index (Phi) is 9.37. The van der Waals surface area contributed by atoms with E-state index in [9.17, 15) is 20.1 Å². The van der Waals surface area contributed by atoms with E-state index in [0.29, 0.717) is 61.3 Å². The Labute approximate surface area is 248 Å². The number of aromatic nitrogens is 2. The van der Waals surface area contributed by atoms with E-state index in [0.717, 1.165) is 22.3 Å². The summed E-state index contributed by atoms with van der Waals surface area (Å²) in [5.41, 5.74) is 6.85. The third-order valence-electron chi connectivity index (χ3n) is 6.57. The van der Waals surface area contributed by atoms with E-state index >= 15 is 0 Å². The predicted octanol–water partition coefficient (Wildman–Crippen LogP) is 6.80. The number of hydrogen-bond acceptors (Lipinski definition) is 8.